The zero-order chi connectivity index (χ0) is 14.5. The molecule has 2 rings (SSSR count). The van der Waals surface area contributed by atoms with Crippen molar-refractivity contribution in [2.75, 3.05) is 7.05 Å². The minimum absolute atomic E-state index is 0.00169. The molecule has 1 aromatic rings. The van der Waals surface area contributed by atoms with E-state index in [0.717, 1.165) is 24.8 Å². The summed E-state index contributed by atoms with van der Waals surface area (Å²) in [6, 6.07) is 3.93. The second-order valence-electron chi connectivity index (χ2n) is 6.00. The number of halogens is 2. The molecule has 0 aromatic heterocycles. The van der Waals surface area contributed by atoms with Crippen molar-refractivity contribution in [2.24, 2.45) is 11.8 Å². The van der Waals surface area contributed by atoms with Crippen LogP contribution in [0.5, 0.6) is 0 Å². The topological polar surface area (TPSA) is 12.0 Å². The van der Waals surface area contributed by atoms with Gasteiger partial charge in [-0.2, -0.15) is 0 Å². The lowest BCUT2D eigenvalue weighted by Gasteiger charge is -2.34. The minimum atomic E-state index is -0.507. The van der Waals surface area contributed by atoms with Gasteiger partial charge in [0.25, 0.3) is 0 Å². The van der Waals surface area contributed by atoms with Crippen LogP contribution in [0.3, 0.4) is 0 Å². The van der Waals surface area contributed by atoms with E-state index in [1.165, 1.54) is 31.7 Å². The average Bonchev–Trinajstić information content (AvgIpc) is 2.44. The van der Waals surface area contributed by atoms with E-state index in [-0.39, 0.29) is 6.04 Å². The maximum atomic E-state index is 14.0. The first-order chi connectivity index (χ1) is 9.65. The molecule has 1 atom stereocenters. The SMILES string of the molecule is CCCC1CCC(C(NC)c2ccc(F)cc2F)CC1. The zero-order valence-electron chi connectivity index (χ0n) is 12.5. The summed E-state index contributed by atoms with van der Waals surface area (Å²) >= 11 is 0. The molecule has 112 valence electrons. The third kappa shape index (κ3) is 3.57. The Morgan fingerprint density at radius 2 is 1.90 bits per heavy atom. The monoisotopic (exact) mass is 281 g/mol. The zero-order valence-corrected chi connectivity index (χ0v) is 12.5. The van der Waals surface area contributed by atoms with Crippen molar-refractivity contribution in [1.82, 2.24) is 5.32 Å². The van der Waals surface area contributed by atoms with E-state index < -0.39 is 11.6 Å². The first-order valence-electron chi connectivity index (χ1n) is 7.78. The van der Waals surface area contributed by atoms with Crippen LogP contribution in [0, 0.1) is 23.5 Å². The van der Waals surface area contributed by atoms with Gasteiger partial charge in [-0.25, -0.2) is 8.78 Å². The van der Waals surface area contributed by atoms with Crippen LogP contribution in [-0.2, 0) is 0 Å². The van der Waals surface area contributed by atoms with E-state index in [9.17, 15) is 8.78 Å². The Balaban J connectivity index is 2.05. The first kappa shape index (κ1) is 15.4. The molecule has 1 nitrogen and oxygen atoms in total. The second kappa shape index (κ2) is 7.16. The lowest BCUT2D eigenvalue weighted by atomic mass is 9.75. The number of hydrogen-bond donors (Lipinski definition) is 1. The number of benzene rings is 1. The lowest BCUT2D eigenvalue weighted by molar-refractivity contribution is 0.217. The molecule has 1 aliphatic rings. The van der Waals surface area contributed by atoms with Gasteiger partial charge < -0.3 is 5.32 Å². The van der Waals surface area contributed by atoms with Crippen LogP contribution in [0.15, 0.2) is 18.2 Å². The maximum Gasteiger partial charge on any atom is 0.130 e. The van der Waals surface area contributed by atoms with E-state index in [4.69, 9.17) is 0 Å². The molecule has 20 heavy (non-hydrogen) atoms. The predicted molar refractivity (Wildman–Crippen MR) is 78.5 cm³/mol. The average molecular weight is 281 g/mol. The molecular formula is C17H25F2N. The van der Waals surface area contributed by atoms with E-state index in [1.807, 2.05) is 7.05 Å². The highest BCUT2D eigenvalue weighted by Gasteiger charge is 2.28. The van der Waals surface area contributed by atoms with Gasteiger partial charge in [-0.1, -0.05) is 38.7 Å². The van der Waals surface area contributed by atoms with Crippen molar-refractivity contribution in [3.63, 3.8) is 0 Å². The van der Waals surface area contributed by atoms with Crippen LogP contribution in [0.2, 0.25) is 0 Å². The highest BCUT2D eigenvalue weighted by atomic mass is 19.1. The highest BCUT2D eigenvalue weighted by Crippen LogP contribution is 2.38. The maximum absolute atomic E-state index is 14.0. The van der Waals surface area contributed by atoms with Crippen molar-refractivity contribution in [3.8, 4) is 0 Å². The van der Waals surface area contributed by atoms with Crippen molar-refractivity contribution in [3.05, 3.63) is 35.4 Å². The fraction of sp³-hybridized carbons (Fsp3) is 0.647. The molecule has 1 unspecified atom stereocenters. The smallest absolute Gasteiger partial charge is 0.130 e. The van der Waals surface area contributed by atoms with Crippen LogP contribution >= 0.6 is 0 Å². The molecule has 1 aromatic carbocycles. The Bertz CT molecular complexity index is 425. The fourth-order valence-corrected chi connectivity index (χ4v) is 3.62. The second-order valence-corrected chi connectivity index (χ2v) is 6.00. The van der Waals surface area contributed by atoms with E-state index in [0.29, 0.717) is 11.5 Å². The molecule has 0 heterocycles. The molecule has 0 aliphatic heterocycles. The van der Waals surface area contributed by atoms with Crippen molar-refractivity contribution in [1.29, 1.82) is 0 Å². The quantitative estimate of drug-likeness (QED) is 0.815. The van der Waals surface area contributed by atoms with Crippen LogP contribution < -0.4 is 5.32 Å². The summed E-state index contributed by atoms with van der Waals surface area (Å²) in [5, 5.41) is 3.23. The summed E-state index contributed by atoms with van der Waals surface area (Å²) in [5.74, 6) is 0.354. The fourth-order valence-electron chi connectivity index (χ4n) is 3.62. The Labute approximate surface area is 120 Å². The molecule has 0 amide bonds. The van der Waals surface area contributed by atoms with Gasteiger partial charge in [0.1, 0.15) is 11.6 Å². The van der Waals surface area contributed by atoms with Gasteiger partial charge in [-0.05, 0) is 37.8 Å². The summed E-state index contributed by atoms with van der Waals surface area (Å²) in [6.45, 7) is 2.23. The van der Waals surface area contributed by atoms with Gasteiger partial charge >= 0.3 is 0 Å². The Morgan fingerprint density at radius 3 is 2.45 bits per heavy atom. The standard InChI is InChI=1S/C17H25F2N/c1-3-4-12-5-7-13(8-6-12)17(20-2)15-10-9-14(18)11-16(15)19/h9-13,17,20H,3-8H2,1-2H3. The van der Waals surface area contributed by atoms with E-state index in [1.54, 1.807) is 6.07 Å². The lowest BCUT2D eigenvalue weighted by Crippen LogP contribution is -2.29. The molecule has 0 bridgehead atoms. The number of hydrogen-bond acceptors (Lipinski definition) is 1. The Kier molecular flexibility index (Phi) is 5.53. The van der Waals surface area contributed by atoms with Gasteiger partial charge in [0.15, 0.2) is 0 Å². The van der Waals surface area contributed by atoms with Crippen molar-refractivity contribution < 1.29 is 8.78 Å². The van der Waals surface area contributed by atoms with Gasteiger partial charge in [-0.15, -0.1) is 0 Å². The van der Waals surface area contributed by atoms with Crippen LogP contribution in [0.4, 0.5) is 8.78 Å². The van der Waals surface area contributed by atoms with Gasteiger partial charge in [0, 0.05) is 17.7 Å². The molecule has 3 heteroatoms. The molecule has 0 saturated heterocycles. The minimum Gasteiger partial charge on any atom is -0.313 e. The van der Waals surface area contributed by atoms with E-state index >= 15 is 0 Å². The molecule has 0 radical (unpaired) electrons. The molecule has 1 N–H and O–H groups in total. The third-order valence-corrected chi connectivity index (χ3v) is 4.67. The van der Waals surface area contributed by atoms with Crippen LogP contribution in [0.25, 0.3) is 0 Å². The van der Waals surface area contributed by atoms with Crippen molar-refractivity contribution >= 4 is 0 Å². The summed E-state index contributed by atoms with van der Waals surface area (Å²) < 4.78 is 27.0. The van der Waals surface area contributed by atoms with Gasteiger partial charge in [0.2, 0.25) is 0 Å². The molecule has 0 spiro atoms. The normalized spacial score (nSPS) is 24.6. The molecule has 1 aliphatic carbocycles. The Morgan fingerprint density at radius 1 is 1.20 bits per heavy atom. The van der Waals surface area contributed by atoms with E-state index in [2.05, 4.69) is 12.2 Å². The van der Waals surface area contributed by atoms with Crippen LogP contribution in [0.1, 0.15) is 57.1 Å². The highest BCUT2D eigenvalue weighted by molar-refractivity contribution is 5.23. The molecule has 1 fully saturated rings. The predicted octanol–water partition coefficient (Wildman–Crippen LogP) is 4.83. The van der Waals surface area contributed by atoms with Crippen molar-refractivity contribution in [2.45, 2.75) is 51.5 Å². The van der Waals surface area contributed by atoms with Gasteiger partial charge in [-0.3, -0.25) is 0 Å². The summed E-state index contributed by atoms with van der Waals surface area (Å²) in [7, 11) is 1.87. The van der Waals surface area contributed by atoms with Gasteiger partial charge in [0.05, 0.1) is 0 Å². The van der Waals surface area contributed by atoms with Crippen LogP contribution in [-0.4, -0.2) is 7.05 Å². The largest absolute Gasteiger partial charge is 0.313 e. The molecular weight excluding hydrogens is 256 g/mol. The summed E-state index contributed by atoms with van der Waals surface area (Å²) in [4.78, 5) is 0. The number of rotatable bonds is 5. The summed E-state index contributed by atoms with van der Waals surface area (Å²) in [5.41, 5.74) is 0.604. The molecule has 1 saturated carbocycles. The third-order valence-electron chi connectivity index (χ3n) is 4.67. The summed E-state index contributed by atoms with van der Waals surface area (Å²) in [6.07, 6.45) is 7.29. The number of nitrogens with one attached hydrogen (secondary N) is 1. The first-order valence-corrected chi connectivity index (χ1v) is 7.78. The Hall–Kier alpha value is -0.960.